The molecule has 0 amide bonds. The van der Waals surface area contributed by atoms with Crippen molar-refractivity contribution in [3.05, 3.63) is 132 Å². The highest BCUT2D eigenvalue weighted by Gasteiger charge is 2.32. The zero-order valence-corrected chi connectivity index (χ0v) is 40.8. The van der Waals surface area contributed by atoms with E-state index in [1.54, 1.807) is 83.6 Å². The Hall–Kier alpha value is -7.60. The number of furan rings is 2. The number of aromatic nitrogens is 10. The zero-order valence-electron chi connectivity index (χ0n) is 39.2. The van der Waals surface area contributed by atoms with Gasteiger partial charge >= 0.3 is 0 Å². The Morgan fingerprint density at radius 2 is 0.914 bits per heavy atom. The van der Waals surface area contributed by atoms with Crippen LogP contribution in [0.25, 0.3) is 34.5 Å². The van der Waals surface area contributed by atoms with Gasteiger partial charge in [0.05, 0.1) is 75.2 Å². The van der Waals surface area contributed by atoms with Crippen LogP contribution in [0.15, 0.2) is 94.4 Å². The molecule has 20 nitrogen and oxygen atoms in total. The van der Waals surface area contributed by atoms with Gasteiger partial charge < -0.3 is 27.8 Å². The Labute approximate surface area is 401 Å². The molecule has 2 aromatic carbocycles. The highest BCUT2D eigenvalue weighted by atomic mass is 32.2. The predicted octanol–water partition coefficient (Wildman–Crippen LogP) is 6.66. The molecule has 0 saturated carbocycles. The van der Waals surface area contributed by atoms with E-state index in [1.807, 2.05) is 0 Å². The average molecular weight is 1000 g/mol. The van der Waals surface area contributed by atoms with E-state index < -0.39 is 53.3 Å². The molecule has 8 aromatic rings. The summed E-state index contributed by atoms with van der Waals surface area (Å²) in [6, 6.07) is 17.2. The summed E-state index contributed by atoms with van der Waals surface area (Å²) in [4.78, 5) is 15.9. The Bertz CT molecular complexity index is 3050. The number of hydrogen-bond acceptors (Lipinski definition) is 18. The van der Waals surface area contributed by atoms with E-state index in [0.29, 0.717) is 45.9 Å². The van der Waals surface area contributed by atoms with Gasteiger partial charge in [-0.2, -0.15) is 0 Å². The number of benzene rings is 2. The number of para-hydroxylation sites is 2. The minimum Gasteiger partial charge on any atom is -0.494 e. The van der Waals surface area contributed by atoms with E-state index in [9.17, 15) is 25.6 Å². The van der Waals surface area contributed by atoms with Crippen molar-refractivity contribution in [2.24, 2.45) is 0 Å². The van der Waals surface area contributed by atoms with Crippen LogP contribution in [0.3, 0.4) is 0 Å². The van der Waals surface area contributed by atoms with Gasteiger partial charge in [-0.05, 0) is 76.2 Å². The zero-order chi connectivity index (χ0) is 50.3. The monoisotopic (exact) mass is 1000 g/mol. The molecule has 6 aromatic heterocycles. The van der Waals surface area contributed by atoms with Gasteiger partial charge in [-0.1, -0.05) is 12.1 Å². The van der Waals surface area contributed by atoms with Gasteiger partial charge in [0.25, 0.3) is 0 Å². The Kier molecular flexibility index (Phi) is 15.3. The first-order valence-electron chi connectivity index (χ1n) is 21.3. The van der Waals surface area contributed by atoms with E-state index in [2.05, 4.69) is 40.3 Å². The van der Waals surface area contributed by atoms with Gasteiger partial charge in [-0.3, -0.25) is 9.13 Å². The second-order valence-electron chi connectivity index (χ2n) is 15.6. The molecule has 0 spiro atoms. The van der Waals surface area contributed by atoms with Crippen LogP contribution in [-0.2, 0) is 44.0 Å². The van der Waals surface area contributed by atoms with Crippen molar-refractivity contribution in [2.45, 2.75) is 62.5 Å². The molecule has 8 rings (SSSR count). The van der Waals surface area contributed by atoms with Crippen molar-refractivity contribution in [1.29, 1.82) is 0 Å². The van der Waals surface area contributed by atoms with Crippen molar-refractivity contribution in [1.82, 2.24) is 49.5 Å². The van der Waals surface area contributed by atoms with Crippen molar-refractivity contribution < 1.29 is 53.4 Å². The Morgan fingerprint density at radius 3 is 1.21 bits per heavy atom. The maximum atomic E-state index is 13.5. The van der Waals surface area contributed by atoms with E-state index in [1.165, 1.54) is 54.8 Å². The SMILES string of the molecule is COc1cccc(OC)c1-n1c(CS(=O)(=O)[C@@H](C)Cc2ncc(F)c(C)n2)nnc1-c1ccco1.COc1cccc(OC)c1-n1c(CS(=O)(=O)[C@H](C)Cc2ncc(F)c(C)n2)nnc1-c1ccco1. The van der Waals surface area contributed by atoms with Gasteiger partial charge in [-0.25, -0.2) is 45.6 Å². The average Bonchev–Trinajstić information content (AvgIpc) is 4.20. The third-order valence-corrected chi connectivity index (χ3v) is 15.1. The lowest BCUT2D eigenvalue weighted by molar-refractivity contribution is 0.390. The summed E-state index contributed by atoms with van der Waals surface area (Å²) in [7, 11) is -1.54. The molecule has 0 aliphatic heterocycles. The van der Waals surface area contributed by atoms with Crippen molar-refractivity contribution >= 4 is 19.7 Å². The molecule has 0 fully saturated rings. The highest BCUT2D eigenvalue weighted by molar-refractivity contribution is 7.91. The van der Waals surface area contributed by atoms with Crippen LogP contribution in [0.2, 0.25) is 0 Å². The van der Waals surface area contributed by atoms with Crippen LogP contribution in [0.5, 0.6) is 23.0 Å². The Morgan fingerprint density at radius 1 is 0.557 bits per heavy atom. The minimum atomic E-state index is -3.77. The summed E-state index contributed by atoms with van der Waals surface area (Å²) in [5.41, 5.74) is 1.19. The van der Waals surface area contributed by atoms with Gasteiger partial charge in [0.1, 0.15) is 57.5 Å². The summed E-state index contributed by atoms with van der Waals surface area (Å²) >= 11 is 0. The molecule has 0 bridgehead atoms. The third-order valence-electron chi connectivity index (χ3n) is 11.0. The van der Waals surface area contributed by atoms with Crippen molar-refractivity contribution in [3.8, 4) is 57.5 Å². The normalized spacial score (nSPS) is 12.5. The van der Waals surface area contributed by atoms with Crippen LogP contribution >= 0.6 is 0 Å². The smallest absolute Gasteiger partial charge is 0.204 e. The molecule has 368 valence electrons. The van der Waals surface area contributed by atoms with Gasteiger partial charge in [0, 0.05) is 12.8 Å². The molecule has 0 aliphatic rings. The van der Waals surface area contributed by atoms with Crippen LogP contribution in [0.1, 0.15) is 48.5 Å². The molecule has 0 N–H and O–H groups in total. The molecular weight excluding hydrogens is 955 g/mol. The van der Waals surface area contributed by atoms with Crippen LogP contribution < -0.4 is 18.9 Å². The largest absolute Gasteiger partial charge is 0.494 e. The second kappa shape index (κ2) is 21.4. The fourth-order valence-corrected chi connectivity index (χ4v) is 9.60. The van der Waals surface area contributed by atoms with Crippen LogP contribution in [0, 0.1) is 25.5 Å². The number of methoxy groups -OCH3 is 4. The fourth-order valence-electron chi connectivity index (χ4n) is 7.14. The summed E-state index contributed by atoms with van der Waals surface area (Å²) < 4.78 is 117. The van der Waals surface area contributed by atoms with E-state index in [0.717, 1.165) is 12.4 Å². The maximum Gasteiger partial charge on any atom is 0.204 e. The lowest BCUT2D eigenvalue weighted by Crippen LogP contribution is -2.25. The van der Waals surface area contributed by atoms with E-state index in [4.69, 9.17) is 27.8 Å². The number of halogens is 2. The molecule has 6 heterocycles. The Balaban J connectivity index is 0.000000206. The van der Waals surface area contributed by atoms with E-state index in [-0.39, 0.29) is 59.2 Å². The number of sulfone groups is 2. The predicted molar refractivity (Wildman–Crippen MR) is 249 cm³/mol. The lowest BCUT2D eigenvalue weighted by atomic mass is 10.2. The first kappa shape index (κ1) is 50.3. The molecule has 0 unspecified atom stereocenters. The summed E-state index contributed by atoms with van der Waals surface area (Å²) in [5.74, 6) is 1.85. The van der Waals surface area contributed by atoms with Gasteiger partial charge in [0.15, 0.2) is 54.5 Å². The number of hydrogen-bond donors (Lipinski definition) is 0. The standard InChI is InChI=1S/2C23H24FN5O5S/c2*1-14(11-20-25-12-16(24)15(2)26-20)35(30,31)13-21-27-28-23(19-9-6-10-34-19)29(21)22-17(32-3)7-5-8-18(22)33-4/h2*5-10,12,14H,11,13H2,1-4H3/t2*14-/m10/s1. The molecule has 0 radical (unpaired) electrons. The first-order chi connectivity index (χ1) is 33.5. The van der Waals surface area contributed by atoms with Crippen LogP contribution in [-0.4, -0.2) is 105 Å². The number of nitrogens with zero attached hydrogens (tertiary/aromatic N) is 10. The molecule has 70 heavy (non-hydrogen) atoms. The van der Waals surface area contributed by atoms with Gasteiger partial charge in [0.2, 0.25) is 11.6 Å². The molecule has 2 atom stereocenters. The van der Waals surface area contributed by atoms with E-state index >= 15 is 0 Å². The summed E-state index contributed by atoms with van der Waals surface area (Å²) in [5, 5.41) is 15.0. The lowest BCUT2D eigenvalue weighted by Gasteiger charge is -2.18. The van der Waals surface area contributed by atoms with Crippen molar-refractivity contribution in [2.75, 3.05) is 28.4 Å². The number of rotatable bonds is 18. The third kappa shape index (κ3) is 10.8. The first-order valence-corrected chi connectivity index (χ1v) is 24.7. The highest BCUT2D eigenvalue weighted by Crippen LogP contribution is 2.38. The van der Waals surface area contributed by atoms with Gasteiger partial charge in [-0.15, -0.1) is 20.4 Å². The fraction of sp³-hybridized carbons (Fsp3) is 0.304. The summed E-state index contributed by atoms with van der Waals surface area (Å²) in [6.07, 6.45) is 5.07. The molecule has 0 aliphatic carbocycles. The molecular formula is C46H48F2N10O10S2. The number of ether oxygens (including phenoxy) is 4. The van der Waals surface area contributed by atoms with Crippen LogP contribution in [0.4, 0.5) is 8.78 Å². The number of aryl methyl sites for hydroxylation is 2. The quantitative estimate of drug-likeness (QED) is 0.0872. The maximum absolute atomic E-state index is 13.5. The molecule has 0 saturated heterocycles. The minimum absolute atomic E-state index is 0.0145. The van der Waals surface area contributed by atoms with Crippen molar-refractivity contribution in [3.63, 3.8) is 0 Å². The summed E-state index contributed by atoms with van der Waals surface area (Å²) in [6.45, 7) is 6.10. The molecule has 24 heteroatoms. The topological polar surface area (TPSA) is 244 Å². The second-order valence-corrected chi connectivity index (χ2v) is 20.4.